The molecule has 2 aromatic rings. The number of carbonyl (C=O) groups is 1. The molecule has 0 bridgehead atoms. The van der Waals surface area contributed by atoms with E-state index in [1.807, 2.05) is 30.5 Å². The number of aromatic nitrogens is 2. The lowest BCUT2D eigenvalue weighted by Crippen LogP contribution is -2.13. The number of thioether (sulfide) groups is 2. The molecule has 1 aromatic carbocycles. The fraction of sp³-hybridized carbons (Fsp3) is 0.400. The summed E-state index contributed by atoms with van der Waals surface area (Å²) in [5, 5.41) is 3.61. The number of carbonyl (C=O) groups excluding carboxylic acids is 1. The Morgan fingerprint density at radius 1 is 1.35 bits per heavy atom. The zero-order valence-electron chi connectivity index (χ0n) is 13.1. The Morgan fingerprint density at radius 3 is 2.78 bits per heavy atom. The molecular weight excluding hydrogens is 350 g/mol. The molecule has 23 heavy (non-hydrogen) atoms. The maximum absolute atomic E-state index is 11.9. The maximum Gasteiger partial charge on any atom is 0.234 e. The Morgan fingerprint density at radius 2 is 2.13 bits per heavy atom. The average Bonchev–Trinajstić information content (AvgIpc) is 3.03. The molecule has 0 spiro atoms. The molecule has 1 heterocycles. The van der Waals surface area contributed by atoms with Gasteiger partial charge in [-0.1, -0.05) is 36.9 Å². The molecular formula is C15H19N3O2S3. The van der Waals surface area contributed by atoms with Crippen molar-refractivity contribution in [3.05, 3.63) is 24.3 Å². The highest BCUT2D eigenvalue weighted by Crippen LogP contribution is 2.23. The van der Waals surface area contributed by atoms with Crippen molar-refractivity contribution in [1.29, 1.82) is 0 Å². The first-order chi connectivity index (χ1) is 11.2. The second kappa shape index (κ2) is 9.79. The lowest BCUT2D eigenvalue weighted by atomic mass is 10.3. The van der Waals surface area contributed by atoms with E-state index in [1.165, 1.54) is 35.1 Å². The van der Waals surface area contributed by atoms with Crippen molar-refractivity contribution in [2.24, 2.45) is 0 Å². The van der Waals surface area contributed by atoms with Gasteiger partial charge in [-0.15, -0.1) is 0 Å². The maximum atomic E-state index is 11.9. The average molecular weight is 370 g/mol. The van der Waals surface area contributed by atoms with Gasteiger partial charge in [0.25, 0.3) is 0 Å². The number of benzene rings is 1. The molecule has 0 aliphatic heterocycles. The summed E-state index contributed by atoms with van der Waals surface area (Å²) >= 11 is 4.21. The number of amides is 1. The van der Waals surface area contributed by atoms with Crippen LogP contribution in [0.2, 0.25) is 0 Å². The molecule has 8 heteroatoms. The summed E-state index contributed by atoms with van der Waals surface area (Å²) in [5.41, 5.74) is 0.764. The zero-order chi connectivity index (χ0) is 16.5. The summed E-state index contributed by atoms with van der Waals surface area (Å²) in [4.78, 5) is 16.2. The van der Waals surface area contributed by atoms with Crippen molar-refractivity contribution < 1.29 is 9.53 Å². The highest BCUT2D eigenvalue weighted by atomic mass is 32.2. The van der Waals surface area contributed by atoms with E-state index in [0.717, 1.165) is 40.4 Å². The molecule has 0 saturated heterocycles. The van der Waals surface area contributed by atoms with Gasteiger partial charge in [0, 0.05) is 5.69 Å². The molecule has 0 aliphatic rings. The van der Waals surface area contributed by atoms with Gasteiger partial charge >= 0.3 is 0 Å². The molecule has 1 amide bonds. The number of anilines is 1. The predicted molar refractivity (Wildman–Crippen MR) is 97.9 cm³/mol. The SMILES string of the molecule is CCCCOc1ccc(NC(=O)CSc2nc(SC)ns2)cc1. The van der Waals surface area contributed by atoms with Crippen LogP contribution in [-0.2, 0) is 4.79 Å². The zero-order valence-corrected chi connectivity index (χ0v) is 15.5. The van der Waals surface area contributed by atoms with Gasteiger partial charge in [0.1, 0.15) is 5.75 Å². The molecule has 124 valence electrons. The number of rotatable bonds is 9. The van der Waals surface area contributed by atoms with Gasteiger partial charge in [-0.2, -0.15) is 4.37 Å². The Bertz CT molecular complexity index is 617. The number of hydrogen-bond donors (Lipinski definition) is 1. The molecule has 1 N–H and O–H groups in total. The van der Waals surface area contributed by atoms with E-state index in [4.69, 9.17) is 4.74 Å². The van der Waals surface area contributed by atoms with Crippen molar-refractivity contribution in [2.75, 3.05) is 23.9 Å². The number of nitrogens with one attached hydrogen (secondary N) is 1. The van der Waals surface area contributed by atoms with Gasteiger partial charge in [-0.25, -0.2) is 4.98 Å². The Kier molecular flexibility index (Phi) is 7.70. The van der Waals surface area contributed by atoms with Gasteiger partial charge in [0.2, 0.25) is 11.1 Å². The highest BCUT2D eigenvalue weighted by molar-refractivity contribution is 8.01. The third kappa shape index (κ3) is 6.40. The van der Waals surface area contributed by atoms with Gasteiger partial charge in [0.15, 0.2) is 4.34 Å². The monoisotopic (exact) mass is 369 g/mol. The van der Waals surface area contributed by atoms with E-state index < -0.39 is 0 Å². The van der Waals surface area contributed by atoms with Crippen molar-refractivity contribution in [3.63, 3.8) is 0 Å². The van der Waals surface area contributed by atoms with Crippen LogP contribution in [0.1, 0.15) is 19.8 Å². The van der Waals surface area contributed by atoms with Crippen LogP contribution in [0, 0.1) is 0 Å². The van der Waals surface area contributed by atoms with Crippen molar-refractivity contribution in [2.45, 2.75) is 29.3 Å². The molecule has 0 fully saturated rings. The number of hydrogen-bond acceptors (Lipinski definition) is 7. The summed E-state index contributed by atoms with van der Waals surface area (Å²) in [6, 6.07) is 7.43. The number of unbranched alkanes of at least 4 members (excludes halogenated alkanes) is 1. The largest absolute Gasteiger partial charge is 0.494 e. The molecule has 0 radical (unpaired) electrons. The molecule has 0 saturated carbocycles. The van der Waals surface area contributed by atoms with Crippen molar-refractivity contribution in [1.82, 2.24) is 9.36 Å². The van der Waals surface area contributed by atoms with Gasteiger partial charge in [0.05, 0.1) is 12.4 Å². The standard InChI is InChI=1S/C15H19N3O2S3/c1-3-4-9-20-12-7-5-11(6-8-12)16-13(19)10-22-15-17-14(21-2)18-23-15/h5-8H,3-4,9-10H2,1-2H3,(H,16,19). The van der Waals surface area contributed by atoms with Crippen LogP contribution >= 0.6 is 35.1 Å². The topological polar surface area (TPSA) is 64.1 Å². The fourth-order valence-electron chi connectivity index (χ4n) is 1.63. The molecule has 0 atom stereocenters. The first kappa shape index (κ1) is 18.1. The van der Waals surface area contributed by atoms with Crippen LogP contribution in [0.3, 0.4) is 0 Å². The summed E-state index contributed by atoms with van der Waals surface area (Å²) in [6.45, 7) is 2.85. The minimum absolute atomic E-state index is 0.0597. The van der Waals surface area contributed by atoms with Crippen molar-refractivity contribution >= 4 is 46.7 Å². The van der Waals surface area contributed by atoms with Crippen LogP contribution in [0.25, 0.3) is 0 Å². The lowest BCUT2D eigenvalue weighted by molar-refractivity contribution is -0.113. The van der Waals surface area contributed by atoms with Crippen molar-refractivity contribution in [3.8, 4) is 5.75 Å². The first-order valence-electron chi connectivity index (χ1n) is 7.24. The second-order valence-corrected chi connectivity index (χ2v) is 7.36. The Hall–Kier alpha value is -1.25. The van der Waals surface area contributed by atoms with E-state index in [0.29, 0.717) is 5.75 Å². The van der Waals surface area contributed by atoms with Crippen LogP contribution in [0.4, 0.5) is 5.69 Å². The Balaban J connectivity index is 1.76. The first-order valence-corrected chi connectivity index (χ1v) is 10.2. The molecule has 5 nitrogen and oxygen atoms in total. The second-order valence-electron chi connectivity index (χ2n) is 4.61. The van der Waals surface area contributed by atoms with E-state index in [2.05, 4.69) is 21.6 Å². The summed E-state index contributed by atoms with van der Waals surface area (Å²) < 4.78 is 10.6. The minimum atomic E-state index is -0.0597. The predicted octanol–water partition coefficient (Wildman–Crippen LogP) is 4.17. The minimum Gasteiger partial charge on any atom is -0.494 e. The van der Waals surface area contributed by atoms with Gasteiger partial charge in [-0.05, 0) is 48.5 Å². The van der Waals surface area contributed by atoms with Crippen LogP contribution in [0.5, 0.6) is 5.75 Å². The molecule has 1 aromatic heterocycles. The van der Waals surface area contributed by atoms with Gasteiger partial charge in [-0.3, -0.25) is 4.79 Å². The molecule has 2 rings (SSSR count). The highest BCUT2D eigenvalue weighted by Gasteiger charge is 2.08. The van der Waals surface area contributed by atoms with E-state index >= 15 is 0 Å². The fourth-order valence-corrected chi connectivity index (χ4v) is 3.64. The Labute approximate surface area is 148 Å². The van der Waals surface area contributed by atoms with Crippen LogP contribution in [-0.4, -0.2) is 33.9 Å². The summed E-state index contributed by atoms with van der Waals surface area (Å²) in [6.07, 6.45) is 4.08. The quantitative estimate of drug-likeness (QED) is 0.529. The van der Waals surface area contributed by atoms with Gasteiger partial charge < -0.3 is 10.1 Å². The van der Waals surface area contributed by atoms with E-state index in [9.17, 15) is 4.79 Å². The lowest BCUT2D eigenvalue weighted by Gasteiger charge is -2.07. The molecule has 0 unspecified atom stereocenters. The van der Waals surface area contributed by atoms with E-state index in [1.54, 1.807) is 0 Å². The number of ether oxygens (including phenoxy) is 1. The summed E-state index contributed by atoms with van der Waals surface area (Å²) in [7, 11) is 0. The third-order valence-corrected chi connectivity index (χ3v) is 5.30. The number of nitrogens with zero attached hydrogens (tertiary/aromatic N) is 2. The third-order valence-electron chi connectivity index (χ3n) is 2.80. The smallest absolute Gasteiger partial charge is 0.234 e. The van der Waals surface area contributed by atoms with Crippen LogP contribution in [0.15, 0.2) is 33.8 Å². The normalized spacial score (nSPS) is 10.5. The molecule has 0 aliphatic carbocycles. The van der Waals surface area contributed by atoms with Crippen LogP contribution < -0.4 is 10.1 Å². The summed E-state index contributed by atoms with van der Waals surface area (Å²) in [5.74, 6) is 1.08. The van der Waals surface area contributed by atoms with E-state index in [-0.39, 0.29) is 5.91 Å².